The number of nitrogens with zero attached hydrogens (tertiary/aromatic N) is 3. The summed E-state index contributed by atoms with van der Waals surface area (Å²) in [7, 11) is 6.75. The fraction of sp³-hybridized carbons (Fsp3) is 0.0800. The van der Waals surface area contributed by atoms with Crippen LogP contribution in [0.4, 0.5) is 34.1 Å². The van der Waals surface area contributed by atoms with Crippen LogP contribution in [-0.2, 0) is 0 Å². The van der Waals surface area contributed by atoms with Gasteiger partial charge in [-0.2, -0.15) is 0 Å². The summed E-state index contributed by atoms with van der Waals surface area (Å²) in [6.45, 7) is 0. The van der Waals surface area contributed by atoms with Gasteiger partial charge < -0.3 is 33.3 Å². The van der Waals surface area contributed by atoms with Crippen LogP contribution in [0.3, 0.4) is 0 Å². The zero-order valence-corrected chi connectivity index (χ0v) is 32.2. The van der Waals surface area contributed by atoms with E-state index in [0.29, 0.717) is 0 Å². The van der Waals surface area contributed by atoms with Gasteiger partial charge in [-0.3, -0.25) is 0 Å². The summed E-state index contributed by atoms with van der Waals surface area (Å²) in [5.41, 5.74) is 9.45. The molecular weight excluding hydrogens is 707 g/mol. The molecule has 280 valence electrons. The molecule has 0 atom stereocenters. The second-order valence-electron chi connectivity index (χ2n) is 13.7. The summed E-state index contributed by atoms with van der Waals surface area (Å²) >= 11 is 0. The highest BCUT2D eigenvalue weighted by Gasteiger charge is 2.20. The largest absolute Gasteiger partial charge is 0.497 e. The second kappa shape index (κ2) is 15.0. The first-order valence-electron chi connectivity index (χ1n) is 18.8. The van der Waals surface area contributed by atoms with E-state index in [4.69, 9.17) is 18.9 Å². The van der Waals surface area contributed by atoms with Gasteiger partial charge in [-0.25, -0.2) is 0 Å². The van der Waals surface area contributed by atoms with Crippen molar-refractivity contribution in [2.45, 2.75) is 0 Å². The molecule has 0 aliphatic carbocycles. The molecule has 1 aromatic heterocycles. The number of para-hydroxylation sites is 1. The zero-order valence-electron chi connectivity index (χ0n) is 32.2. The Morgan fingerprint density at radius 1 is 0.333 bits per heavy atom. The maximum atomic E-state index is 5.51. The Morgan fingerprint density at radius 2 is 0.737 bits per heavy atom. The Kier molecular flexibility index (Phi) is 9.32. The quantitative estimate of drug-likeness (QED) is 0.131. The predicted molar refractivity (Wildman–Crippen MR) is 234 cm³/mol. The molecular formula is C50H41N3O4. The van der Waals surface area contributed by atoms with E-state index in [2.05, 4.69) is 142 Å². The van der Waals surface area contributed by atoms with Crippen LogP contribution in [0.15, 0.2) is 176 Å². The number of benzene rings is 8. The third-order valence-corrected chi connectivity index (χ3v) is 10.5. The molecule has 0 fully saturated rings. The van der Waals surface area contributed by atoms with Gasteiger partial charge in [-0.05, 0) is 156 Å². The lowest BCUT2D eigenvalue weighted by atomic mass is 10.0. The van der Waals surface area contributed by atoms with Crippen molar-refractivity contribution in [1.82, 2.24) is 4.57 Å². The Bertz CT molecular complexity index is 2720. The summed E-state index contributed by atoms with van der Waals surface area (Å²) < 4.78 is 24.4. The van der Waals surface area contributed by atoms with Gasteiger partial charge >= 0.3 is 0 Å². The molecule has 9 aromatic rings. The van der Waals surface area contributed by atoms with E-state index in [1.54, 1.807) is 28.4 Å². The molecule has 57 heavy (non-hydrogen) atoms. The molecule has 9 rings (SSSR count). The molecule has 0 amide bonds. The standard InChI is InChI=1S/C50H41N3O4/c1-54-43-21-12-37(13-22-43)51(38-14-23-44(55-2)24-15-38)41-11-10-34-31-48-47-29-20-42(33-50(47)53(36-8-6-5-7-9-36)49(48)32-35(34)30-41)52(39-16-25-45(56-3)26-17-39)40-18-27-46(57-4)28-19-40/h5-33H,1-4H3. The van der Waals surface area contributed by atoms with E-state index in [1.807, 2.05) is 48.5 Å². The molecule has 0 saturated heterocycles. The van der Waals surface area contributed by atoms with Crippen molar-refractivity contribution in [3.8, 4) is 28.7 Å². The van der Waals surface area contributed by atoms with Crippen LogP contribution in [0.1, 0.15) is 0 Å². The number of fused-ring (bicyclic) bond motifs is 4. The van der Waals surface area contributed by atoms with E-state index in [9.17, 15) is 0 Å². The van der Waals surface area contributed by atoms with E-state index >= 15 is 0 Å². The van der Waals surface area contributed by atoms with Crippen LogP contribution < -0.4 is 28.7 Å². The lowest BCUT2D eigenvalue weighted by Gasteiger charge is -2.26. The molecule has 0 bridgehead atoms. The van der Waals surface area contributed by atoms with Crippen molar-refractivity contribution >= 4 is 66.7 Å². The fourth-order valence-electron chi connectivity index (χ4n) is 7.69. The smallest absolute Gasteiger partial charge is 0.119 e. The molecule has 0 aliphatic heterocycles. The lowest BCUT2D eigenvalue weighted by Crippen LogP contribution is -2.10. The highest BCUT2D eigenvalue weighted by Crippen LogP contribution is 2.43. The summed E-state index contributed by atoms with van der Waals surface area (Å²) in [4.78, 5) is 4.52. The van der Waals surface area contributed by atoms with Crippen LogP contribution in [-0.4, -0.2) is 33.0 Å². The number of anilines is 6. The minimum Gasteiger partial charge on any atom is -0.497 e. The lowest BCUT2D eigenvalue weighted by molar-refractivity contribution is 0.414. The Morgan fingerprint density at radius 3 is 1.19 bits per heavy atom. The minimum absolute atomic E-state index is 0.805. The monoisotopic (exact) mass is 747 g/mol. The van der Waals surface area contributed by atoms with E-state index in [1.165, 1.54) is 10.8 Å². The van der Waals surface area contributed by atoms with Gasteiger partial charge in [0.1, 0.15) is 23.0 Å². The van der Waals surface area contributed by atoms with E-state index < -0.39 is 0 Å². The average Bonchev–Trinajstić information content (AvgIpc) is 3.59. The maximum absolute atomic E-state index is 5.51. The second-order valence-corrected chi connectivity index (χ2v) is 13.7. The number of aromatic nitrogens is 1. The van der Waals surface area contributed by atoms with Crippen molar-refractivity contribution in [2.75, 3.05) is 38.2 Å². The molecule has 7 nitrogen and oxygen atoms in total. The Hall–Kier alpha value is -7.38. The van der Waals surface area contributed by atoms with E-state index in [0.717, 1.165) is 84.6 Å². The Balaban J connectivity index is 1.24. The SMILES string of the molecule is COc1ccc(N(c2ccc(OC)cc2)c2ccc3cc4c5ccc(N(c6ccc(OC)cc6)c6ccc(OC)cc6)cc5n(-c5ccccc5)c4cc3c2)cc1. The summed E-state index contributed by atoms with van der Waals surface area (Å²) in [5.74, 6) is 3.23. The Labute approximate surface area is 332 Å². The predicted octanol–water partition coefficient (Wildman–Crippen LogP) is 12.9. The molecule has 0 saturated carbocycles. The number of methoxy groups -OCH3 is 4. The maximum Gasteiger partial charge on any atom is 0.119 e. The van der Waals surface area contributed by atoms with Crippen LogP contribution >= 0.6 is 0 Å². The van der Waals surface area contributed by atoms with Gasteiger partial charge in [0.05, 0.1) is 39.5 Å². The summed E-state index contributed by atoms with van der Waals surface area (Å²) in [5, 5.41) is 4.64. The first-order valence-corrected chi connectivity index (χ1v) is 18.8. The van der Waals surface area contributed by atoms with Crippen LogP contribution in [0.25, 0.3) is 38.3 Å². The molecule has 8 aromatic carbocycles. The molecule has 0 N–H and O–H groups in total. The van der Waals surface area contributed by atoms with Crippen molar-refractivity contribution in [3.63, 3.8) is 0 Å². The van der Waals surface area contributed by atoms with Crippen LogP contribution in [0.5, 0.6) is 23.0 Å². The third kappa shape index (κ3) is 6.59. The minimum atomic E-state index is 0.805. The fourth-order valence-corrected chi connectivity index (χ4v) is 7.69. The van der Waals surface area contributed by atoms with Gasteiger partial charge in [0.25, 0.3) is 0 Å². The average molecular weight is 748 g/mol. The first-order chi connectivity index (χ1) is 28.0. The highest BCUT2D eigenvalue weighted by atomic mass is 16.5. The third-order valence-electron chi connectivity index (χ3n) is 10.5. The van der Waals surface area contributed by atoms with Gasteiger partial charge in [0.15, 0.2) is 0 Å². The topological polar surface area (TPSA) is 48.3 Å². The first kappa shape index (κ1) is 35.3. The summed E-state index contributed by atoms with van der Waals surface area (Å²) in [6, 6.07) is 61.3. The molecule has 7 heteroatoms. The molecule has 0 aliphatic rings. The molecule has 1 heterocycles. The van der Waals surface area contributed by atoms with Crippen molar-refractivity contribution < 1.29 is 18.9 Å². The van der Waals surface area contributed by atoms with Gasteiger partial charge in [-0.1, -0.05) is 30.3 Å². The normalized spacial score (nSPS) is 11.2. The van der Waals surface area contributed by atoms with Crippen molar-refractivity contribution in [1.29, 1.82) is 0 Å². The molecule has 0 unspecified atom stereocenters. The van der Waals surface area contributed by atoms with Crippen molar-refractivity contribution in [2.24, 2.45) is 0 Å². The summed E-state index contributed by atoms with van der Waals surface area (Å²) in [6.07, 6.45) is 0. The van der Waals surface area contributed by atoms with Crippen LogP contribution in [0, 0.1) is 0 Å². The highest BCUT2D eigenvalue weighted by molar-refractivity contribution is 6.14. The number of hydrogen-bond acceptors (Lipinski definition) is 6. The van der Waals surface area contributed by atoms with Gasteiger partial charge in [0.2, 0.25) is 0 Å². The number of rotatable bonds is 11. The van der Waals surface area contributed by atoms with Crippen LogP contribution in [0.2, 0.25) is 0 Å². The van der Waals surface area contributed by atoms with Gasteiger partial charge in [-0.15, -0.1) is 0 Å². The molecule has 0 spiro atoms. The zero-order chi connectivity index (χ0) is 38.9. The number of hydrogen-bond donors (Lipinski definition) is 0. The van der Waals surface area contributed by atoms with Crippen molar-refractivity contribution in [3.05, 3.63) is 176 Å². The van der Waals surface area contributed by atoms with E-state index in [-0.39, 0.29) is 0 Å². The molecule has 0 radical (unpaired) electrons. The van der Waals surface area contributed by atoms with Gasteiger partial charge in [0, 0.05) is 50.6 Å². The number of ether oxygens (including phenoxy) is 4.